The first-order chi connectivity index (χ1) is 11.6. The van der Waals surface area contributed by atoms with Gasteiger partial charge >= 0.3 is 0 Å². The summed E-state index contributed by atoms with van der Waals surface area (Å²) in [5.41, 5.74) is 1.15. The number of benzene rings is 1. The largest absolute Gasteiger partial charge is 0.360 e. The van der Waals surface area contributed by atoms with Crippen molar-refractivity contribution < 1.29 is 4.79 Å². The van der Waals surface area contributed by atoms with Gasteiger partial charge in [-0.15, -0.1) is 10.2 Å². The Labute approximate surface area is 151 Å². The minimum atomic E-state index is -0.213. The van der Waals surface area contributed by atoms with Gasteiger partial charge in [-0.25, -0.2) is 0 Å². The van der Waals surface area contributed by atoms with Crippen LogP contribution in [0.1, 0.15) is 45.2 Å². The smallest absolute Gasteiger partial charge is 0.233 e. The Morgan fingerprint density at radius 1 is 1.25 bits per heavy atom. The van der Waals surface area contributed by atoms with Crippen LogP contribution in [0.4, 0.5) is 5.13 Å². The quantitative estimate of drug-likeness (QED) is 0.656. The summed E-state index contributed by atoms with van der Waals surface area (Å²) in [6.45, 7) is 6.86. The topological polar surface area (TPSA) is 66.9 Å². The summed E-state index contributed by atoms with van der Waals surface area (Å²) in [5.74, 6) is 0.0301. The van der Waals surface area contributed by atoms with E-state index in [2.05, 4.69) is 39.9 Å². The SMILES string of the molecule is CCC[C@H](NC(=O)[C@H](C)Sc1nnc(NCC)s1)c1ccccc1. The lowest BCUT2D eigenvalue weighted by atomic mass is 10.0. The first-order valence-corrected chi connectivity index (χ1v) is 9.93. The molecule has 2 rings (SSSR count). The fourth-order valence-electron chi connectivity index (χ4n) is 2.27. The van der Waals surface area contributed by atoms with E-state index in [1.165, 1.54) is 23.1 Å². The zero-order chi connectivity index (χ0) is 17.4. The molecule has 0 saturated heterocycles. The van der Waals surface area contributed by atoms with E-state index in [9.17, 15) is 4.79 Å². The summed E-state index contributed by atoms with van der Waals surface area (Å²) in [4.78, 5) is 12.5. The zero-order valence-electron chi connectivity index (χ0n) is 14.3. The lowest BCUT2D eigenvalue weighted by Gasteiger charge is -2.20. The molecule has 0 saturated carbocycles. The molecule has 1 amide bonds. The Morgan fingerprint density at radius 2 is 2.00 bits per heavy atom. The molecule has 130 valence electrons. The van der Waals surface area contributed by atoms with Gasteiger partial charge in [0.05, 0.1) is 11.3 Å². The Hall–Kier alpha value is -1.60. The molecule has 0 aliphatic rings. The molecule has 5 nitrogen and oxygen atoms in total. The average Bonchev–Trinajstić information content (AvgIpc) is 3.02. The first-order valence-electron chi connectivity index (χ1n) is 8.23. The molecule has 0 spiro atoms. The molecule has 24 heavy (non-hydrogen) atoms. The van der Waals surface area contributed by atoms with E-state index in [-0.39, 0.29) is 17.2 Å². The second kappa shape index (κ2) is 9.64. The molecule has 2 atom stereocenters. The Balaban J connectivity index is 1.95. The summed E-state index contributed by atoms with van der Waals surface area (Å²) in [5, 5.41) is 15.1. The predicted octanol–water partition coefficient (Wildman–Crippen LogP) is 4.11. The molecule has 7 heteroatoms. The maximum atomic E-state index is 12.5. The lowest BCUT2D eigenvalue weighted by molar-refractivity contribution is -0.121. The van der Waals surface area contributed by atoms with Crippen molar-refractivity contribution in [2.24, 2.45) is 0 Å². The molecule has 1 aromatic heterocycles. The second-order valence-electron chi connectivity index (χ2n) is 5.42. The van der Waals surface area contributed by atoms with Crippen LogP contribution in [0.15, 0.2) is 34.7 Å². The number of hydrogen-bond acceptors (Lipinski definition) is 6. The van der Waals surface area contributed by atoms with Crippen molar-refractivity contribution >= 4 is 34.1 Å². The summed E-state index contributed by atoms with van der Waals surface area (Å²) >= 11 is 2.92. The van der Waals surface area contributed by atoms with Gasteiger partial charge in [-0.1, -0.05) is 66.8 Å². The van der Waals surface area contributed by atoms with Crippen LogP contribution in [0, 0.1) is 0 Å². The van der Waals surface area contributed by atoms with Crippen molar-refractivity contribution in [2.75, 3.05) is 11.9 Å². The molecule has 1 heterocycles. The zero-order valence-corrected chi connectivity index (χ0v) is 15.9. The van der Waals surface area contributed by atoms with E-state index >= 15 is 0 Å². The number of amides is 1. The molecule has 0 bridgehead atoms. The van der Waals surface area contributed by atoms with Crippen molar-refractivity contribution in [1.82, 2.24) is 15.5 Å². The fraction of sp³-hybridized carbons (Fsp3) is 0.471. The van der Waals surface area contributed by atoms with Gasteiger partial charge < -0.3 is 10.6 Å². The maximum absolute atomic E-state index is 12.5. The van der Waals surface area contributed by atoms with Gasteiger partial charge in [0.25, 0.3) is 0 Å². The number of thioether (sulfide) groups is 1. The number of anilines is 1. The fourth-order valence-corrected chi connectivity index (χ4v) is 4.24. The molecule has 0 unspecified atom stereocenters. The minimum absolute atomic E-state index is 0.0301. The minimum Gasteiger partial charge on any atom is -0.360 e. The van der Waals surface area contributed by atoms with Gasteiger partial charge in [0.1, 0.15) is 0 Å². The van der Waals surface area contributed by atoms with E-state index in [4.69, 9.17) is 0 Å². The number of hydrogen-bond donors (Lipinski definition) is 2. The maximum Gasteiger partial charge on any atom is 0.233 e. The molecule has 0 aliphatic heterocycles. The first kappa shape index (κ1) is 18.7. The Morgan fingerprint density at radius 3 is 2.67 bits per heavy atom. The number of rotatable bonds is 9. The average molecular weight is 365 g/mol. The second-order valence-corrected chi connectivity index (χ2v) is 7.99. The monoisotopic (exact) mass is 364 g/mol. The number of nitrogens with zero attached hydrogens (tertiary/aromatic N) is 2. The highest BCUT2D eigenvalue weighted by Gasteiger charge is 2.21. The van der Waals surface area contributed by atoms with E-state index in [0.717, 1.165) is 34.4 Å². The van der Waals surface area contributed by atoms with Crippen molar-refractivity contribution in [3.63, 3.8) is 0 Å². The van der Waals surface area contributed by atoms with Crippen LogP contribution in [-0.2, 0) is 4.79 Å². The molecular weight excluding hydrogens is 340 g/mol. The lowest BCUT2D eigenvalue weighted by Crippen LogP contribution is -2.34. The molecular formula is C17H24N4OS2. The molecule has 2 aromatic rings. The molecule has 1 aromatic carbocycles. The number of nitrogens with one attached hydrogen (secondary N) is 2. The Kier molecular flexibility index (Phi) is 7.52. The van der Waals surface area contributed by atoms with Gasteiger partial charge in [-0.05, 0) is 25.8 Å². The molecule has 0 radical (unpaired) electrons. The third-order valence-electron chi connectivity index (χ3n) is 3.48. The van der Waals surface area contributed by atoms with E-state index in [1.807, 2.05) is 32.0 Å². The van der Waals surface area contributed by atoms with Crippen LogP contribution in [0.25, 0.3) is 0 Å². The van der Waals surface area contributed by atoms with Gasteiger partial charge in [0.15, 0.2) is 4.34 Å². The number of carbonyl (C=O) groups is 1. The van der Waals surface area contributed by atoms with Crippen LogP contribution in [-0.4, -0.2) is 27.9 Å². The Bertz CT molecular complexity index is 633. The van der Waals surface area contributed by atoms with Gasteiger partial charge in [-0.3, -0.25) is 4.79 Å². The summed E-state index contributed by atoms with van der Waals surface area (Å²) in [7, 11) is 0. The van der Waals surface area contributed by atoms with E-state index < -0.39 is 0 Å². The van der Waals surface area contributed by atoms with Crippen molar-refractivity contribution in [2.45, 2.75) is 49.2 Å². The van der Waals surface area contributed by atoms with Gasteiger partial charge in [0.2, 0.25) is 11.0 Å². The summed E-state index contributed by atoms with van der Waals surface area (Å²) in [6.07, 6.45) is 1.94. The summed E-state index contributed by atoms with van der Waals surface area (Å²) < 4.78 is 0.806. The highest BCUT2D eigenvalue weighted by Crippen LogP contribution is 2.29. The van der Waals surface area contributed by atoms with Crippen LogP contribution in [0.5, 0.6) is 0 Å². The van der Waals surface area contributed by atoms with Gasteiger partial charge in [-0.2, -0.15) is 0 Å². The normalized spacial score (nSPS) is 13.3. The van der Waals surface area contributed by atoms with Crippen molar-refractivity contribution in [1.29, 1.82) is 0 Å². The highest BCUT2D eigenvalue weighted by molar-refractivity contribution is 8.02. The molecule has 2 N–H and O–H groups in total. The van der Waals surface area contributed by atoms with E-state index in [0.29, 0.717) is 0 Å². The van der Waals surface area contributed by atoms with Crippen LogP contribution >= 0.6 is 23.1 Å². The molecule has 0 fully saturated rings. The van der Waals surface area contributed by atoms with Crippen molar-refractivity contribution in [3.8, 4) is 0 Å². The van der Waals surface area contributed by atoms with Crippen LogP contribution in [0.2, 0.25) is 0 Å². The predicted molar refractivity (Wildman–Crippen MR) is 102 cm³/mol. The standard InChI is InChI=1S/C17H24N4OS2/c1-4-9-14(13-10-7-6-8-11-13)19-15(22)12(3)23-17-21-20-16(24-17)18-5-2/h6-8,10-12,14H,4-5,9H2,1-3H3,(H,18,20)(H,19,22)/t12-,14-/m0/s1. The van der Waals surface area contributed by atoms with Crippen LogP contribution < -0.4 is 10.6 Å². The number of aromatic nitrogens is 2. The molecule has 0 aliphatic carbocycles. The highest BCUT2D eigenvalue weighted by atomic mass is 32.2. The van der Waals surface area contributed by atoms with Gasteiger partial charge in [0, 0.05) is 6.54 Å². The van der Waals surface area contributed by atoms with Crippen molar-refractivity contribution in [3.05, 3.63) is 35.9 Å². The number of carbonyl (C=O) groups excluding carboxylic acids is 1. The third-order valence-corrected chi connectivity index (χ3v) is 5.54. The van der Waals surface area contributed by atoms with E-state index in [1.54, 1.807) is 0 Å². The summed E-state index contributed by atoms with van der Waals surface area (Å²) in [6, 6.07) is 10.2. The van der Waals surface area contributed by atoms with Crippen LogP contribution in [0.3, 0.4) is 0 Å². The third kappa shape index (κ3) is 5.49.